The molecule has 2 rings (SSSR count). The smallest absolute Gasteiger partial charge is 0.224 e. The first-order chi connectivity index (χ1) is 8.50. The van der Waals surface area contributed by atoms with Gasteiger partial charge in [-0.15, -0.1) is 11.3 Å². The van der Waals surface area contributed by atoms with Crippen LogP contribution in [0.5, 0.6) is 0 Å². The summed E-state index contributed by atoms with van der Waals surface area (Å²) in [7, 11) is 1.85. The Bertz CT molecular complexity index is 424. The van der Waals surface area contributed by atoms with Crippen molar-refractivity contribution in [2.45, 2.75) is 51.1 Å². The van der Waals surface area contributed by atoms with Gasteiger partial charge in [-0.1, -0.05) is 12.8 Å². The Morgan fingerprint density at radius 1 is 1.56 bits per heavy atom. The molecule has 100 valence electrons. The maximum absolute atomic E-state index is 12.2. The number of nitrogens with two attached hydrogens (primary N) is 1. The summed E-state index contributed by atoms with van der Waals surface area (Å²) in [6.07, 6.45) is 4.74. The lowest BCUT2D eigenvalue weighted by atomic mass is 9.94. The van der Waals surface area contributed by atoms with Crippen LogP contribution in [-0.4, -0.2) is 28.4 Å². The van der Waals surface area contributed by atoms with Gasteiger partial charge in [0.25, 0.3) is 0 Å². The van der Waals surface area contributed by atoms with Gasteiger partial charge in [-0.3, -0.25) is 4.79 Å². The summed E-state index contributed by atoms with van der Waals surface area (Å²) in [4.78, 5) is 19.3. The SMILES string of the molecule is Cc1ncsc1CN(C)C(=O)CC1(N)CCCC1. The molecule has 0 atom stereocenters. The molecule has 0 radical (unpaired) electrons. The highest BCUT2D eigenvalue weighted by atomic mass is 32.1. The first-order valence-electron chi connectivity index (χ1n) is 6.42. The fraction of sp³-hybridized carbons (Fsp3) is 0.692. The van der Waals surface area contributed by atoms with Crippen LogP contribution < -0.4 is 5.73 Å². The predicted octanol–water partition coefficient (Wildman–Crippen LogP) is 2.07. The summed E-state index contributed by atoms with van der Waals surface area (Å²) in [5.41, 5.74) is 8.83. The van der Waals surface area contributed by atoms with Crippen LogP contribution in [0.1, 0.15) is 42.7 Å². The Balaban J connectivity index is 1.91. The molecule has 0 bridgehead atoms. The van der Waals surface area contributed by atoms with Crippen molar-refractivity contribution in [3.63, 3.8) is 0 Å². The lowest BCUT2D eigenvalue weighted by Crippen LogP contribution is -2.42. The number of carbonyl (C=O) groups is 1. The maximum Gasteiger partial charge on any atom is 0.224 e. The normalized spacial score (nSPS) is 17.9. The zero-order chi connectivity index (χ0) is 13.2. The molecule has 1 fully saturated rings. The molecule has 1 aliphatic rings. The number of aromatic nitrogens is 1. The van der Waals surface area contributed by atoms with E-state index in [9.17, 15) is 4.79 Å². The number of hydrogen-bond donors (Lipinski definition) is 1. The highest BCUT2D eigenvalue weighted by Crippen LogP contribution is 2.30. The van der Waals surface area contributed by atoms with Crippen LogP contribution in [0.3, 0.4) is 0 Å². The molecule has 1 saturated carbocycles. The topological polar surface area (TPSA) is 59.2 Å². The zero-order valence-electron chi connectivity index (χ0n) is 11.1. The van der Waals surface area contributed by atoms with Crippen LogP contribution in [0, 0.1) is 6.92 Å². The molecular formula is C13H21N3OS. The molecule has 0 aliphatic heterocycles. The Hall–Kier alpha value is -0.940. The monoisotopic (exact) mass is 267 g/mol. The van der Waals surface area contributed by atoms with E-state index >= 15 is 0 Å². The van der Waals surface area contributed by atoms with E-state index in [0.29, 0.717) is 13.0 Å². The predicted molar refractivity (Wildman–Crippen MR) is 73.3 cm³/mol. The van der Waals surface area contributed by atoms with Crippen molar-refractivity contribution in [3.8, 4) is 0 Å². The van der Waals surface area contributed by atoms with Crippen LogP contribution in [0.2, 0.25) is 0 Å². The second-order valence-corrected chi connectivity index (χ2v) is 6.30. The summed E-state index contributed by atoms with van der Waals surface area (Å²) in [6, 6.07) is 0. The summed E-state index contributed by atoms with van der Waals surface area (Å²) in [6.45, 7) is 2.62. The van der Waals surface area contributed by atoms with Crippen LogP contribution in [-0.2, 0) is 11.3 Å². The van der Waals surface area contributed by atoms with Crippen LogP contribution in [0.15, 0.2) is 5.51 Å². The van der Waals surface area contributed by atoms with Gasteiger partial charge in [-0.2, -0.15) is 0 Å². The van der Waals surface area contributed by atoms with Crippen molar-refractivity contribution in [2.75, 3.05) is 7.05 Å². The third kappa shape index (κ3) is 3.09. The minimum absolute atomic E-state index is 0.146. The molecule has 2 N–H and O–H groups in total. The van der Waals surface area contributed by atoms with Crippen molar-refractivity contribution in [1.29, 1.82) is 0 Å². The Kier molecular flexibility index (Phi) is 4.02. The molecule has 1 aromatic rings. The fourth-order valence-electron chi connectivity index (χ4n) is 2.47. The number of hydrogen-bond acceptors (Lipinski definition) is 4. The van der Waals surface area contributed by atoms with Gasteiger partial charge in [-0.25, -0.2) is 4.98 Å². The van der Waals surface area contributed by atoms with Gasteiger partial charge < -0.3 is 10.6 Å². The molecular weight excluding hydrogens is 246 g/mol. The summed E-state index contributed by atoms with van der Waals surface area (Å²) < 4.78 is 0. The molecule has 0 spiro atoms. The molecule has 0 unspecified atom stereocenters. The molecule has 1 heterocycles. The lowest BCUT2D eigenvalue weighted by molar-refractivity contribution is -0.131. The summed E-state index contributed by atoms with van der Waals surface area (Å²) >= 11 is 1.60. The largest absolute Gasteiger partial charge is 0.340 e. The van der Waals surface area contributed by atoms with Crippen molar-refractivity contribution in [3.05, 3.63) is 16.1 Å². The van der Waals surface area contributed by atoms with Crippen molar-refractivity contribution >= 4 is 17.2 Å². The molecule has 1 aromatic heterocycles. The fourth-order valence-corrected chi connectivity index (χ4v) is 3.30. The number of aryl methyl sites for hydroxylation is 1. The zero-order valence-corrected chi connectivity index (χ0v) is 11.9. The van der Waals surface area contributed by atoms with Gasteiger partial charge in [0.05, 0.1) is 17.7 Å². The van der Waals surface area contributed by atoms with E-state index in [1.54, 1.807) is 16.2 Å². The molecule has 18 heavy (non-hydrogen) atoms. The van der Waals surface area contributed by atoms with Crippen molar-refractivity contribution < 1.29 is 4.79 Å². The first-order valence-corrected chi connectivity index (χ1v) is 7.30. The van der Waals surface area contributed by atoms with Crippen molar-refractivity contribution in [1.82, 2.24) is 9.88 Å². The lowest BCUT2D eigenvalue weighted by Gasteiger charge is -2.26. The average molecular weight is 267 g/mol. The van der Waals surface area contributed by atoms with Gasteiger partial charge in [0.15, 0.2) is 0 Å². The second kappa shape index (κ2) is 5.36. The molecule has 1 amide bonds. The third-order valence-electron chi connectivity index (χ3n) is 3.75. The highest BCUT2D eigenvalue weighted by molar-refractivity contribution is 7.09. The number of rotatable bonds is 4. The van der Waals surface area contributed by atoms with Crippen LogP contribution >= 0.6 is 11.3 Å². The van der Waals surface area contributed by atoms with E-state index < -0.39 is 0 Å². The number of carbonyl (C=O) groups excluding carboxylic acids is 1. The van der Waals surface area contributed by atoms with Gasteiger partial charge in [0, 0.05) is 23.9 Å². The molecule has 0 aromatic carbocycles. The van der Waals surface area contributed by atoms with Gasteiger partial charge in [0.2, 0.25) is 5.91 Å². The summed E-state index contributed by atoms with van der Waals surface area (Å²) in [5.74, 6) is 0.146. The highest BCUT2D eigenvalue weighted by Gasteiger charge is 2.32. The number of amides is 1. The summed E-state index contributed by atoms with van der Waals surface area (Å²) in [5, 5.41) is 0. The van der Waals surface area contributed by atoms with E-state index in [1.165, 1.54) is 0 Å². The third-order valence-corrected chi connectivity index (χ3v) is 4.67. The molecule has 0 saturated heterocycles. The number of thiazole rings is 1. The van der Waals surface area contributed by atoms with Crippen LogP contribution in [0.25, 0.3) is 0 Å². The van der Waals surface area contributed by atoms with E-state index in [-0.39, 0.29) is 11.4 Å². The van der Waals surface area contributed by atoms with Gasteiger partial charge in [-0.05, 0) is 19.8 Å². The molecule has 5 heteroatoms. The van der Waals surface area contributed by atoms with E-state index in [1.807, 2.05) is 19.5 Å². The van der Waals surface area contributed by atoms with Crippen LogP contribution in [0.4, 0.5) is 0 Å². The minimum Gasteiger partial charge on any atom is -0.340 e. The minimum atomic E-state index is -0.256. The quantitative estimate of drug-likeness (QED) is 0.908. The molecule has 1 aliphatic carbocycles. The van der Waals surface area contributed by atoms with E-state index in [4.69, 9.17) is 5.73 Å². The Morgan fingerprint density at radius 3 is 2.78 bits per heavy atom. The Labute approximate surface area is 112 Å². The standard InChI is InChI=1S/C13H21N3OS/c1-10-11(18-9-15-10)8-16(2)12(17)7-13(14)5-3-4-6-13/h9H,3-8,14H2,1-2H3. The maximum atomic E-state index is 12.2. The Morgan fingerprint density at radius 2 is 2.22 bits per heavy atom. The first kappa shape index (κ1) is 13.5. The average Bonchev–Trinajstić information content (AvgIpc) is 2.89. The van der Waals surface area contributed by atoms with Crippen molar-refractivity contribution in [2.24, 2.45) is 5.73 Å². The van der Waals surface area contributed by atoms with Gasteiger partial charge >= 0.3 is 0 Å². The number of nitrogens with zero attached hydrogens (tertiary/aromatic N) is 2. The molecule has 4 nitrogen and oxygen atoms in total. The van der Waals surface area contributed by atoms with E-state index in [0.717, 1.165) is 36.3 Å². The van der Waals surface area contributed by atoms with E-state index in [2.05, 4.69) is 4.98 Å². The van der Waals surface area contributed by atoms with Gasteiger partial charge in [0.1, 0.15) is 0 Å². The second-order valence-electron chi connectivity index (χ2n) is 5.36.